The first-order valence-electron chi connectivity index (χ1n) is 8.14. The van der Waals surface area contributed by atoms with Gasteiger partial charge in [-0.15, -0.1) is 0 Å². The van der Waals surface area contributed by atoms with Crippen LogP contribution in [0, 0.1) is 5.92 Å². The van der Waals surface area contributed by atoms with E-state index in [1.807, 2.05) is 13.8 Å². The zero-order valence-corrected chi connectivity index (χ0v) is 13.3. The molecule has 4 nitrogen and oxygen atoms in total. The SMILES string of the molecule is CCNC(CC)(CCCOC1CCC(C)CC1)C(=O)O. The van der Waals surface area contributed by atoms with Crippen LogP contribution in [-0.2, 0) is 9.53 Å². The van der Waals surface area contributed by atoms with Crippen LogP contribution in [0.4, 0.5) is 0 Å². The van der Waals surface area contributed by atoms with Crippen molar-refractivity contribution in [2.24, 2.45) is 5.92 Å². The molecule has 1 atom stereocenters. The number of likely N-dealkylation sites (N-methyl/N-ethyl adjacent to an activating group) is 1. The van der Waals surface area contributed by atoms with Gasteiger partial charge in [-0.3, -0.25) is 4.79 Å². The summed E-state index contributed by atoms with van der Waals surface area (Å²) in [5, 5.41) is 12.6. The quantitative estimate of drug-likeness (QED) is 0.639. The highest BCUT2D eigenvalue weighted by Crippen LogP contribution is 2.26. The maximum atomic E-state index is 11.5. The summed E-state index contributed by atoms with van der Waals surface area (Å²) >= 11 is 0. The summed E-state index contributed by atoms with van der Waals surface area (Å²) in [6.07, 6.45) is 7.28. The monoisotopic (exact) mass is 285 g/mol. The van der Waals surface area contributed by atoms with Crippen molar-refractivity contribution in [2.45, 2.75) is 77.4 Å². The highest BCUT2D eigenvalue weighted by atomic mass is 16.5. The van der Waals surface area contributed by atoms with E-state index < -0.39 is 11.5 Å². The molecule has 118 valence electrons. The fourth-order valence-corrected chi connectivity index (χ4v) is 3.08. The molecule has 1 rings (SSSR count). The Bertz CT molecular complexity index is 287. The van der Waals surface area contributed by atoms with E-state index in [9.17, 15) is 9.90 Å². The first-order valence-corrected chi connectivity index (χ1v) is 8.14. The van der Waals surface area contributed by atoms with Crippen molar-refractivity contribution < 1.29 is 14.6 Å². The Kier molecular flexibility index (Phi) is 7.52. The van der Waals surface area contributed by atoms with Gasteiger partial charge in [-0.1, -0.05) is 20.8 Å². The molecule has 1 saturated carbocycles. The molecule has 1 fully saturated rings. The fraction of sp³-hybridized carbons (Fsp3) is 0.938. The summed E-state index contributed by atoms with van der Waals surface area (Å²) in [7, 11) is 0. The highest BCUT2D eigenvalue weighted by molar-refractivity contribution is 5.78. The lowest BCUT2D eigenvalue weighted by Crippen LogP contribution is -2.51. The predicted molar refractivity (Wildman–Crippen MR) is 80.9 cm³/mol. The number of nitrogens with one attached hydrogen (secondary N) is 1. The third-order valence-electron chi connectivity index (χ3n) is 4.59. The normalized spacial score (nSPS) is 26.1. The standard InChI is InChI=1S/C16H31NO3/c1-4-16(15(18)19,17-5-2)11-6-12-20-14-9-7-13(3)8-10-14/h13-14,17H,4-12H2,1-3H3,(H,18,19). The van der Waals surface area contributed by atoms with Crippen LogP contribution >= 0.6 is 0 Å². The molecular formula is C16H31NO3. The van der Waals surface area contributed by atoms with Crippen molar-refractivity contribution >= 4 is 5.97 Å². The second-order valence-corrected chi connectivity index (χ2v) is 6.13. The Morgan fingerprint density at radius 1 is 1.30 bits per heavy atom. The lowest BCUT2D eigenvalue weighted by Gasteiger charge is -2.30. The van der Waals surface area contributed by atoms with Gasteiger partial charge in [0.15, 0.2) is 0 Å². The van der Waals surface area contributed by atoms with Crippen molar-refractivity contribution in [3.63, 3.8) is 0 Å². The first kappa shape index (κ1) is 17.4. The van der Waals surface area contributed by atoms with E-state index in [2.05, 4.69) is 12.2 Å². The van der Waals surface area contributed by atoms with E-state index in [0.717, 1.165) is 25.2 Å². The number of hydrogen-bond donors (Lipinski definition) is 2. The number of aliphatic carboxylic acids is 1. The zero-order valence-electron chi connectivity index (χ0n) is 13.3. The number of rotatable bonds is 9. The molecule has 20 heavy (non-hydrogen) atoms. The van der Waals surface area contributed by atoms with Gasteiger partial charge in [0, 0.05) is 6.61 Å². The maximum Gasteiger partial charge on any atom is 0.323 e. The molecule has 0 amide bonds. The molecule has 0 aromatic rings. The van der Waals surface area contributed by atoms with Crippen LogP contribution in [0.15, 0.2) is 0 Å². The second kappa shape index (κ2) is 8.63. The average molecular weight is 285 g/mol. The number of ether oxygens (including phenoxy) is 1. The summed E-state index contributed by atoms with van der Waals surface area (Å²) in [5.41, 5.74) is -0.779. The van der Waals surface area contributed by atoms with Gasteiger partial charge in [-0.2, -0.15) is 0 Å². The van der Waals surface area contributed by atoms with Crippen LogP contribution in [-0.4, -0.2) is 35.9 Å². The highest BCUT2D eigenvalue weighted by Gasteiger charge is 2.35. The summed E-state index contributed by atoms with van der Waals surface area (Å²) < 4.78 is 5.91. The fourth-order valence-electron chi connectivity index (χ4n) is 3.08. The Hall–Kier alpha value is -0.610. The predicted octanol–water partition coefficient (Wildman–Crippen LogP) is 3.20. The van der Waals surface area contributed by atoms with E-state index in [0.29, 0.717) is 32.1 Å². The maximum absolute atomic E-state index is 11.5. The Morgan fingerprint density at radius 2 is 1.95 bits per heavy atom. The molecule has 0 bridgehead atoms. The molecule has 0 radical (unpaired) electrons. The van der Waals surface area contributed by atoms with Crippen molar-refractivity contribution in [2.75, 3.05) is 13.2 Å². The van der Waals surface area contributed by atoms with Crippen LogP contribution in [0.2, 0.25) is 0 Å². The minimum atomic E-state index is -0.779. The molecule has 0 aliphatic heterocycles. The molecule has 1 aliphatic carbocycles. The van der Waals surface area contributed by atoms with Gasteiger partial charge in [0.25, 0.3) is 0 Å². The zero-order chi connectivity index (χ0) is 15.0. The van der Waals surface area contributed by atoms with E-state index >= 15 is 0 Å². The van der Waals surface area contributed by atoms with Crippen LogP contribution in [0.3, 0.4) is 0 Å². The number of hydrogen-bond acceptors (Lipinski definition) is 3. The Labute approximate surface area is 123 Å². The van der Waals surface area contributed by atoms with Gasteiger partial charge in [-0.05, 0) is 57.4 Å². The molecule has 0 saturated heterocycles. The first-order chi connectivity index (χ1) is 9.54. The summed E-state index contributed by atoms with van der Waals surface area (Å²) in [5.74, 6) is 0.0942. The summed E-state index contributed by atoms with van der Waals surface area (Å²) in [4.78, 5) is 11.5. The molecule has 0 heterocycles. The Balaban J connectivity index is 2.28. The minimum Gasteiger partial charge on any atom is -0.480 e. The number of carbonyl (C=O) groups is 1. The van der Waals surface area contributed by atoms with Crippen molar-refractivity contribution in [1.29, 1.82) is 0 Å². The third kappa shape index (κ3) is 5.06. The van der Waals surface area contributed by atoms with E-state index in [1.165, 1.54) is 12.8 Å². The second-order valence-electron chi connectivity index (χ2n) is 6.13. The van der Waals surface area contributed by atoms with Crippen molar-refractivity contribution in [1.82, 2.24) is 5.32 Å². The smallest absolute Gasteiger partial charge is 0.323 e. The topological polar surface area (TPSA) is 58.6 Å². The lowest BCUT2D eigenvalue weighted by molar-refractivity contribution is -0.145. The molecular weight excluding hydrogens is 254 g/mol. The molecule has 1 aliphatic rings. The van der Waals surface area contributed by atoms with Crippen molar-refractivity contribution in [3.05, 3.63) is 0 Å². The Morgan fingerprint density at radius 3 is 2.45 bits per heavy atom. The van der Waals surface area contributed by atoms with Gasteiger partial charge in [0.2, 0.25) is 0 Å². The summed E-state index contributed by atoms with van der Waals surface area (Å²) in [6.45, 7) is 7.54. The van der Waals surface area contributed by atoms with Crippen LogP contribution < -0.4 is 5.32 Å². The van der Waals surface area contributed by atoms with E-state index in [-0.39, 0.29) is 0 Å². The number of carboxylic acids is 1. The lowest BCUT2D eigenvalue weighted by atomic mass is 9.88. The van der Waals surface area contributed by atoms with E-state index in [4.69, 9.17) is 4.74 Å². The molecule has 1 unspecified atom stereocenters. The number of carboxylic acid groups (broad SMARTS) is 1. The van der Waals surface area contributed by atoms with Crippen molar-refractivity contribution in [3.8, 4) is 0 Å². The van der Waals surface area contributed by atoms with Gasteiger partial charge in [0.05, 0.1) is 6.10 Å². The van der Waals surface area contributed by atoms with Gasteiger partial charge in [-0.25, -0.2) is 0 Å². The summed E-state index contributed by atoms with van der Waals surface area (Å²) in [6, 6.07) is 0. The van der Waals surface area contributed by atoms with Gasteiger partial charge < -0.3 is 15.2 Å². The molecule has 2 N–H and O–H groups in total. The average Bonchev–Trinajstić information content (AvgIpc) is 2.44. The van der Waals surface area contributed by atoms with Crippen LogP contribution in [0.1, 0.15) is 65.7 Å². The minimum absolute atomic E-state index is 0.395. The van der Waals surface area contributed by atoms with Crippen LogP contribution in [0.5, 0.6) is 0 Å². The molecule has 0 aromatic carbocycles. The third-order valence-corrected chi connectivity index (χ3v) is 4.59. The van der Waals surface area contributed by atoms with Gasteiger partial charge >= 0.3 is 5.97 Å². The van der Waals surface area contributed by atoms with Gasteiger partial charge in [0.1, 0.15) is 5.54 Å². The molecule has 0 spiro atoms. The molecule has 0 aromatic heterocycles. The van der Waals surface area contributed by atoms with Crippen LogP contribution in [0.25, 0.3) is 0 Å². The van der Waals surface area contributed by atoms with E-state index in [1.54, 1.807) is 0 Å². The molecule has 4 heteroatoms. The largest absolute Gasteiger partial charge is 0.480 e.